The van der Waals surface area contributed by atoms with Gasteiger partial charge in [-0.2, -0.15) is 0 Å². The summed E-state index contributed by atoms with van der Waals surface area (Å²) in [5.41, 5.74) is 2.73. The van der Waals surface area contributed by atoms with Gasteiger partial charge in [-0.25, -0.2) is 5.84 Å². The molecule has 0 saturated carbocycles. The molecule has 0 heterocycles. The van der Waals surface area contributed by atoms with E-state index >= 15 is 0 Å². The first kappa shape index (κ1) is 11.3. The summed E-state index contributed by atoms with van der Waals surface area (Å²) in [6.45, 7) is 0. The fourth-order valence-electron chi connectivity index (χ4n) is 1.20. The van der Waals surface area contributed by atoms with Crippen molar-refractivity contribution in [3.8, 4) is 11.5 Å². The molecule has 15 heavy (non-hydrogen) atoms. The molecule has 0 spiro atoms. The molecule has 1 aromatic rings. The monoisotopic (exact) mass is 210 g/mol. The molecule has 0 bridgehead atoms. The number of carbonyl (C=O) groups is 1. The minimum Gasteiger partial charge on any atom is -0.508 e. The van der Waals surface area contributed by atoms with Crippen LogP contribution in [-0.2, 0) is 11.2 Å². The maximum atomic E-state index is 10.9. The second-order valence-electron chi connectivity index (χ2n) is 3.06. The first-order chi connectivity index (χ1) is 7.17. The van der Waals surface area contributed by atoms with Gasteiger partial charge in [-0.3, -0.25) is 10.2 Å². The van der Waals surface area contributed by atoms with Crippen LogP contribution in [0.4, 0.5) is 0 Å². The van der Waals surface area contributed by atoms with E-state index in [4.69, 9.17) is 10.6 Å². The van der Waals surface area contributed by atoms with Gasteiger partial charge in [0.15, 0.2) is 0 Å². The summed E-state index contributed by atoms with van der Waals surface area (Å²) in [5, 5.41) is 9.57. The lowest BCUT2D eigenvalue weighted by Crippen LogP contribution is -2.30. The summed E-state index contributed by atoms with van der Waals surface area (Å²) in [7, 11) is 1.52. The SMILES string of the molecule is COc1ccc(CCC(=O)NN)c(O)c1. The largest absolute Gasteiger partial charge is 0.508 e. The molecule has 5 heteroatoms. The van der Waals surface area contributed by atoms with E-state index in [1.807, 2.05) is 5.43 Å². The number of phenols is 1. The molecule has 1 aromatic carbocycles. The number of aryl methyl sites for hydroxylation is 1. The molecule has 5 nitrogen and oxygen atoms in total. The van der Waals surface area contributed by atoms with Crippen molar-refractivity contribution in [1.82, 2.24) is 5.43 Å². The lowest BCUT2D eigenvalue weighted by molar-refractivity contribution is -0.121. The van der Waals surface area contributed by atoms with Crippen molar-refractivity contribution in [2.75, 3.05) is 7.11 Å². The van der Waals surface area contributed by atoms with Gasteiger partial charge in [0.1, 0.15) is 11.5 Å². The number of hydrazine groups is 1. The van der Waals surface area contributed by atoms with E-state index < -0.39 is 0 Å². The van der Waals surface area contributed by atoms with Crippen LogP contribution >= 0.6 is 0 Å². The molecule has 0 atom stereocenters. The molecule has 0 aliphatic rings. The number of phenolic OH excluding ortho intramolecular Hbond substituents is 1. The van der Waals surface area contributed by atoms with Crippen molar-refractivity contribution in [3.63, 3.8) is 0 Å². The number of amides is 1. The van der Waals surface area contributed by atoms with Gasteiger partial charge >= 0.3 is 0 Å². The van der Waals surface area contributed by atoms with Crippen LogP contribution in [0.15, 0.2) is 18.2 Å². The smallest absolute Gasteiger partial charge is 0.234 e. The van der Waals surface area contributed by atoms with Gasteiger partial charge in [0.2, 0.25) is 5.91 Å². The quantitative estimate of drug-likeness (QED) is 0.379. The number of carbonyl (C=O) groups excluding carboxylic acids is 1. The summed E-state index contributed by atoms with van der Waals surface area (Å²) >= 11 is 0. The molecular formula is C10H14N2O3. The molecule has 0 unspecified atom stereocenters. The van der Waals surface area contributed by atoms with Gasteiger partial charge < -0.3 is 9.84 Å². The van der Waals surface area contributed by atoms with Gasteiger partial charge in [-0.15, -0.1) is 0 Å². The molecule has 1 rings (SSSR count). The standard InChI is InChI=1S/C10H14N2O3/c1-15-8-4-2-7(9(13)6-8)3-5-10(14)12-11/h2,4,6,13H,3,5,11H2,1H3,(H,12,14). The zero-order chi connectivity index (χ0) is 11.3. The predicted octanol–water partition coefficient (Wildman–Crippen LogP) is 0.323. The van der Waals surface area contributed by atoms with Crippen molar-refractivity contribution in [1.29, 1.82) is 0 Å². The number of methoxy groups -OCH3 is 1. The predicted molar refractivity (Wildman–Crippen MR) is 55.3 cm³/mol. The van der Waals surface area contributed by atoms with Crippen molar-refractivity contribution in [2.24, 2.45) is 5.84 Å². The summed E-state index contributed by atoms with van der Waals surface area (Å²) in [4.78, 5) is 10.9. The molecule has 82 valence electrons. The molecule has 1 amide bonds. The number of benzene rings is 1. The average molecular weight is 210 g/mol. The number of hydrogen-bond acceptors (Lipinski definition) is 4. The van der Waals surface area contributed by atoms with Crippen LogP contribution in [0.5, 0.6) is 11.5 Å². The third kappa shape index (κ3) is 3.14. The van der Waals surface area contributed by atoms with E-state index in [2.05, 4.69) is 0 Å². The van der Waals surface area contributed by atoms with Gasteiger partial charge in [-0.05, 0) is 18.1 Å². The maximum absolute atomic E-state index is 10.9. The summed E-state index contributed by atoms with van der Waals surface area (Å²) in [6, 6.07) is 4.96. The molecule has 0 saturated heterocycles. The number of rotatable bonds is 4. The Morgan fingerprint density at radius 2 is 2.33 bits per heavy atom. The van der Waals surface area contributed by atoms with Crippen molar-refractivity contribution in [2.45, 2.75) is 12.8 Å². The zero-order valence-electron chi connectivity index (χ0n) is 8.49. The lowest BCUT2D eigenvalue weighted by Gasteiger charge is -2.06. The third-order valence-corrected chi connectivity index (χ3v) is 2.07. The van der Waals surface area contributed by atoms with Gasteiger partial charge in [-0.1, -0.05) is 6.07 Å². The van der Waals surface area contributed by atoms with Crippen molar-refractivity contribution in [3.05, 3.63) is 23.8 Å². The van der Waals surface area contributed by atoms with Gasteiger partial charge in [0.05, 0.1) is 7.11 Å². The van der Waals surface area contributed by atoms with Crippen molar-refractivity contribution < 1.29 is 14.6 Å². The first-order valence-corrected chi connectivity index (χ1v) is 4.52. The molecule has 0 aromatic heterocycles. The Bertz CT molecular complexity index is 353. The highest BCUT2D eigenvalue weighted by Crippen LogP contribution is 2.24. The third-order valence-electron chi connectivity index (χ3n) is 2.07. The van der Waals surface area contributed by atoms with Crippen molar-refractivity contribution >= 4 is 5.91 Å². The van der Waals surface area contributed by atoms with Crippen LogP contribution in [-0.4, -0.2) is 18.1 Å². The second-order valence-corrected chi connectivity index (χ2v) is 3.06. The van der Waals surface area contributed by atoms with Crippen LogP contribution in [0.3, 0.4) is 0 Å². The minimum atomic E-state index is -0.259. The van der Waals surface area contributed by atoms with Gasteiger partial charge in [0.25, 0.3) is 0 Å². The Balaban J connectivity index is 2.66. The van der Waals surface area contributed by atoms with Crippen LogP contribution < -0.4 is 16.0 Å². The summed E-state index contributed by atoms with van der Waals surface area (Å²) in [6.07, 6.45) is 0.690. The molecule has 0 aliphatic carbocycles. The maximum Gasteiger partial charge on any atom is 0.234 e. The number of nitrogens with two attached hydrogens (primary N) is 1. The highest BCUT2D eigenvalue weighted by molar-refractivity contribution is 5.75. The van der Waals surface area contributed by atoms with E-state index in [9.17, 15) is 9.90 Å². The second kappa shape index (κ2) is 5.21. The van der Waals surface area contributed by atoms with E-state index in [0.717, 1.165) is 0 Å². The Morgan fingerprint density at radius 3 is 2.87 bits per heavy atom. The van der Waals surface area contributed by atoms with E-state index in [1.165, 1.54) is 13.2 Å². The zero-order valence-corrected chi connectivity index (χ0v) is 8.49. The normalized spacial score (nSPS) is 9.73. The molecule has 0 aliphatic heterocycles. The fourth-order valence-corrected chi connectivity index (χ4v) is 1.20. The summed E-state index contributed by atoms with van der Waals surface area (Å²) < 4.78 is 4.94. The number of ether oxygens (including phenoxy) is 1. The topological polar surface area (TPSA) is 84.6 Å². The molecular weight excluding hydrogens is 196 g/mol. The number of hydrogen-bond donors (Lipinski definition) is 3. The summed E-state index contributed by atoms with van der Waals surface area (Å²) in [5.74, 6) is 5.39. The highest BCUT2D eigenvalue weighted by Gasteiger charge is 2.05. The van der Waals surface area contributed by atoms with Crippen LogP contribution in [0.1, 0.15) is 12.0 Å². The Morgan fingerprint density at radius 1 is 1.60 bits per heavy atom. The molecule has 4 N–H and O–H groups in total. The Hall–Kier alpha value is -1.75. The van der Waals surface area contributed by atoms with E-state index in [0.29, 0.717) is 17.7 Å². The van der Waals surface area contributed by atoms with Crippen LogP contribution in [0.25, 0.3) is 0 Å². The Kier molecular flexibility index (Phi) is 3.93. The van der Waals surface area contributed by atoms with Crippen LogP contribution in [0.2, 0.25) is 0 Å². The Labute approximate surface area is 87.8 Å². The van der Waals surface area contributed by atoms with E-state index in [1.54, 1.807) is 12.1 Å². The highest BCUT2D eigenvalue weighted by atomic mass is 16.5. The number of aromatic hydroxyl groups is 1. The van der Waals surface area contributed by atoms with Gasteiger partial charge in [0, 0.05) is 12.5 Å². The average Bonchev–Trinajstić information content (AvgIpc) is 2.26. The number of nitrogens with one attached hydrogen (secondary N) is 1. The lowest BCUT2D eigenvalue weighted by atomic mass is 10.1. The van der Waals surface area contributed by atoms with E-state index in [-0.39, 0.29) is 18.1 Å². The fraction of sp³-hybridized carbons (Fsp3) is 0.300. The molecule has 0 radical (unpaired) electrons. The minimum absolute atomic E-state index is 0.124. The van der Waals surface area contributed by atoms with Crippen LogP contribution in [0, 0.1) is 0 Å². The first-order valence-electron chi connectivity index (χ1n) is 4.52. The molecule has 0 fully saturated rings.